The molecule has 0 amide bonds. The van der Waals surface area contributed by atoms with Crippen molar-refractivity contribution in [3.05, 3.63) is 53.1 Å². The van der Waals surface area contributed by atoms with Crippen LogP contribution in [0.15, 0.2) is 42.5 Å². The van der Waals surface area contributed by atoms with Crippen LogP contribution in [-0.2, 0) is 0 Å². The minimum absolute atomic E-state index is 0. The Kier molecular flexibility index (Phi) is 7.29. The molecule has 104 valence electrons. The molecule has 0 saturated carbocycles. The van der Waals surface area contributed by atoms with Crippen molar-refractivity contribution < 1.29 is 33.1 Å². The van der Waals surface area contributed by atoms with E-state index in [1.165, 1.54) is 14.2 Å². The molecule has 0 aromatic heterocycles. The van der Waals surface area contributed by atoms with Gasteiger partial charge in [-0.1, -0.05) is 41.9 Å². The van der Waals surface area contributed by atoms with Gasteiger partial charge in [-0.3, -0.25) is 0 Å². The Morgan fingerprint density at radius 1 is 1.05 bits per heavy atom. The molecule has 0 heterocycles. The monoisotopic (exact) mass is 314 g/mol. The first-order valence-electron chi connectivity index (χ1n) is 5.89. The molecule has 0 fully saturated rings. The number of methoxy groups -OCH3 is 2. The molecule has 2 aromatic rings. The molecule has 21 heavy (non-hydrogen) atoms. The predicted molar refractivity (Wildman–Crippen MR) is 81.9 cm³/mol. The van der Waals surface area contributed by atoms with Gasteiger partial charge >= 0.3 is 18.9 Å². The SMILES string of the molecule is COc1ccc(Cl)c(OC)c1C(=O)[P-]c1ccccc1.[Li+]. The van der Waals surface area contributed by atoms with Crippen LogP contribution >= 0.6 is 20.2 Å². The third-order valence-corrected chi connectivity index (χ3v) is 3.98. The predicted octanol–water partition coefficient (Wildman–Crippen LogP) is 0.773. The second-order valence-electron chi connectivity index (χ2n) is 3.91. The summed E-state index contributed by atoms with van der Waals surface area (Å²) in [5.74, 6) is 0.805. The molecule has 2 rings (SSSR count). The van der Waals surface area contributed by atoms with Crippen molar-refractivity contribution in [2.75, 3.05) is 14.2 Å². The fraction of sp³-hybridized carbons (Fsp3) is 0.133. The normalized spacial score (nSPS) is 10.2. The number of benzene rings is 2. The van der Waals surface area contributed by atoms with Gasteiger partial charge in [-0.2, -0.15) is 5.30 Å². The van der Waals surface area contributed by atoms with Crippen LogP contribution in [0.5, 0.6) is 11.5 Å². The van der Waals surface area contributed by atoms with Crippen LogP contribution in [0.1, 0.15) is 10.4 Å². The summed E-state index contributed by atoms with van der Waals surface area (Å²) in [5.41, 5.74) is 0.250. The van der Waals surface area contributed by atoms with Crippen LogP contribution in [0.2, 0.25) is 5.02 Å². The van der Waals surface area contributed by atoms with Crippen molar-refractivity contribution in [2.45, 2.75) is 0 Å². The second kappa shape index (κ2) is 8.47. The fourth-order valence-corrected chi connectivity index (χ4v) is 2.90. The summed E-state index contributed by atoms with van der Waals surface area (Å²) >= 11 is 6.07. The van der Waals surface area contributed by atoms with Crippen LogP contribution in [0.3, 0.4) is 0 Å². The zero-order chi connectivity index (χ0) is 14.5. The van der Waals surface area contributed by atoms with Crippen molar-refractivity contribution >= 4 is 31.0 Å². The Labute approximate surface area is 142 Å². The zero-order valence-corrected chi connectivity index (χ0v) is 13.7. The molecule has 0 radical (unpaired) electrons. The third-order valence-electron chi connectivity index (χ3n) is 2.70. The summed E-state index contributed by atoms with van der Waals surface area (Å²) in [5, 5.41) is 1.29. The van der Waals surface area contributed by atoms with E-state index in [0.717, 1.165) is 5.30 Å². The third kappa shape index (κ3) is 4.25. The Hall–Kier alpha value is -0.973. The summed E-state index contributed by atoms with van der Waals surface area (Å²) < 4.78 is 10.5. The van der Waals surface area contributed by atoms with E-state index in [-0.39, 0.29) is 24.4 Å². The fourth-order valence-electron chi connectivity index (χ4n) is 1.79. The summed E-state index contributed by atoms with van der Waals surface area (Å²) in [6.45, 7) is 0. The number of carbonyl (C=O) groups excluding carboxylic acids is 1. The number of hydrogen-bond donors (Lipinski definition) is 0. The molecule has 2 aromatic carbocycles. The van der Waals surface area contributed by atoms with E-state index >= 15 is 0 Å². The smallest absolute Gasteiger partial charge is 0.496 e. The first kappa shape index (κ1) is 18.1. The average molecular weight is 315 g/mol. The molecule has 3 nitrogen and oxygen atoms in total. The number of carbonyl (C=O) groups is 1. The molecular weight excluding hydrogens is 302 g/mol. The molecule has 0 unspecified atom stereocenters. The van der Waals surface area contributed by atoms with Crippen molar-refractivity contribution in [3.63, 3.8) is 0 Å². The zero-order valence-electron chi connectivity index (χ0n) is 12.1. The maximum absolute atomic E-state index is 12.5. The van der Waals surface area contributed by atoms with Crippen molar-refractivity contribution in [1.29, 1.82) is 0 Å². The van der Waals surface area contributed by atoms with Gasteiger partial charge in [0.2, 0.25) is 0 Å². The molecule has 6 heteroatoms. The molecule has 0 spiro atoms. The molecule has 0 aliphatic heterocycles. The number of rotatable bonds is 5. The van der Waals surface area contributed by atoms with Gasteiger partial charge in [-0.15, -0.1) is 0 Å². The van der Waals surface area contributed by atoms with Crippen LogP contribution < -0.4 is 33.6 Å². The van der Waals surface area contributed by atoms with Gasteiger partial charge in [0.25, 0.3) is 0 Å². The minimum atomic E-state index is -0.118. The van der Waals surface area contributed by atoms with Crippen LogP contribution in [0, 0.1) is 0 Å². The molecule has 0 bridgehead atoms. The summed E-state index contributed by atoms with van der Waals surface area (Å²) in [6.07, 6.45) is 0. The first-order valence-corrected chi connectivity index (χ1v) is 7.16. The molecule has 0 saturated heterocycles. The van der Waals surface area contributed by atoms with Crippen LogP contribution in [0.4, 0.5) is 0 Å². The Morgan fingerprint density at radius 3 is 2.29 bits per heavy atom. The topological polar surface area (TPSA) is 35.5 Å². The van der Waals surface area contributed by atoms with Gasteiger partial charge in [0.15, 0.2) is 0 Å². The van der Waals surface area contributed by atoms with E-state index < -0.39 is 0 Å². The van der Waals surface area contributed by atoms with Gasteiger partial charge in [0.05, 0.1) is 24.8 Å². The Bertz CT molecular complexity index is 620. The van der Waals surface area contributed by atoms with Crippen molar-refractivity contribution in [1.82, 2.24) is 0 Å². The largest absolute Gasteiger partial charge is 1.00 e. The van der Waals surface area contributed by atoms with Gasteiger partial charge in [0.1, 0.15) is 11.5 Å². The number of hydrogen-bond acceptors (Lipinski definition) is 3. The summed E-state index contributed by atoms with van der Waals surface area (Å²) in [7, 11) is 3.55. The van der Waals surface area contributed by atoms with E-state index in [0.29, 0.717) is 30.7 Å². The number of ether oxygens (including phenoxy) is 2. The Balaban J connectivity index is 0.00000220. The Morgan fingerprint density at radius 2 is 1.71 bits per heavy atom. The number of halogens is 1. The maximum Gasteiger partial charge on any atom is 1.00 e. The standard InChI is InChI=1S/C15H13ClO3P.Li/c1-18-12-9-8-11(16)14(19-2)13(12)15(17)20-10-6-4-3-5-7-10;/h3-9H,1-2H3;/q-1;+1. The van der Waals surface area contributed by atoms with Crippen molar-refractivity contribution in [3.8, 4) is 11.5 Å². The van der Waals surface area contributed by atoms with Crippen LogP contribution in [0.25, 0.3) is 0 Å². The quantitative estimate of drug-likeness (QED) is 0.604. The van der Waals surface area contributed by atoms with Crippen molar-refractivity contribution in [2.24, 2.45) is 0 Å². The summed E-state index contributed by atoms with van der Waals surface area (Å²) in [6, 6.07) is 12.8. The second-order valence-corrected chi connectivity index (χ2v) is 5.46. The van der Waals surface area contributed by atoms with E-state index in [1.807, 2.05) is 30.3 Å². The van der Waals surface area contributed by atoms with E-state index in [1.54, 1.807) is 12.1 Å². The molecular formula is C15H13ClLiO3P. The van der Waals surface area contributed by atoms with Gasteiger partial charge in [0, 0.05) is 5.52 Å². The summed E-state index contributed by atoms with van der Waals surface area (Å²) in [4.78, 5) is 12.5. The molecule has 0 atom stereocenters. The van der Waals surface area contributed by atoms with Crippen LogP contribution in [-0.4, -0.2) is 19.7 Å². The van der Waals surface area contributed by atoms with Gasteiger partial charge in [-0.25, -0.2) is 0 Å². The van der Waals surface area contributed by atoms with E-state index in [2.05, 4.69) is 0 Å². The minimum Gasteiger partial charge on any atom is -0.496 e. The van der Waals surface area contributed by atoms with Gasteiger partial charge < -0.3 is 22.8 Å². The van der Waals surface area contributed by atoms with E-state index in [9.17, 15) is 4.79 Å². The molecule has 0 aliphatic rings. The molecule has 0 N–H and O–H groups in total. The van der Waals surface area contributed by atoms with Gasteiger partial charge in [-0.05, 0) is 12.1 Å². The molecule has 0 aliphatic carbocycles. The average Bonchev–Trinajstić information content (AvgIpc) is 2.47. The van der Waals surface area contributed by atoms with E-state index in [4.69, 9.17) is 21.1 Å². The maximum atomic E-state index is 12.5. The first-order chi connectivity index (χ1) is 9.67.